The lowest BCUT2D eigenvalue weighted by molar-refractivity contribution is -0.143. The van der Waals surface area contributed by atoms with Gasteiger partial charge in [-0.1, -0.05) is 0 Å². The maximum absolute atomic E-state index is 12.9. The zero-order valence-electron chi connectivity index (χ0n) is 13.2. The number of benzene rings is 2. The zero-order chi connectivity index (χ0) is 17.7. The standard InChI is InChI=1S/C17H20FN3O3/c1-3-24-11(2)20-16-9-8-14(10-15(16)19)21-17(22,23)12-4-6-13(18)7-5-12/h4-10,20-23H,2-3,19H2,1H3. The number of nitrogens with one attached hydrogen (secondary N) is 2. The average Bonchev–Trinajstić information content (AvgIpc) is 2.50. The van der Waals surface area contributed by atoms with E-state index in [0.29, 0.717) is 29.6 Å². The van der Waals surface area contributed by atoms with E-state index in [1.807, 2.05) is 6.92 Å². The predicted octanol–water partition coefficient (Wildman–Crippen LogP) is 2.53. The van der Waals surface area contributed by atoms with Crippen molar-refractivity contribution < 1.29 is 19.3 Å². The van der Waals surface area contributed by atoms with Crippen molar-refractivity contribution in [3.8, 4) is 0 Å². The van der Waals surface area contributed by atoms with Gasteiger partial charge in [0.05, 0.1) is 18.0 Å². The molecule has 6 nitrogen and oxygen atoms in total. The van der Waals surface area contributed by atoms with Crippen LogP contribution in [0.25, 0.3) is 0 Å². The molecule has 0 saturated heterocycles. The molecule has 7 heteroatoms. The first kappa shape index (κ1) is 17.6. The highest BCUT2D eigenvalue weighted by atomic mass is 19.1. The van der Waals surface area contributed by atoms with E-state index in [2.05, 4.69) is 17.2 Å². The van der Waals surface area contributed by atoms with E-state index in [1.54, 1.807) is 12.1 Å². The maximum atomic E-state index is 12.9. The van der Waals surface area contributed by atoms with Crippen LogP contribution in [0.2, 0.25) is 0 Å². The molecule has 0 aliphatic rings. The quantitative estimate of drug-likeness (QED) is 0.303. The maximum Gasteiger partial charge on any atom is 0.272 e. The summed E-state index contributed by atoms with van der Waals surface area (Å²) in [6, 6.07) is 9.58. The van der Waals surface area contributed by atoms with Gasteiger partial charge in [-0.05, 0) is 56.0 Å². The minimum absolute atomic E-state index is 0.0920. The molecular formula is C17H20FN3O3. The van der Waals surface area contributed by atoms with Crippen molar-refractivity contribution in [1.82, 2.24) is 0 Å². The molecule has 6 N–H and O–H groups in total. The van der Waals surface area contributed by atoms with Crippen LogP contribution in [0.5, 0.6) is 0 Å². The molecule has 0 spiro atoms. The molecule has 0 saturated carbocycles. The van der Waals surface area contributed by atoms with E-state index in [9.17, 15) is 14.6 Å². The van der Waals surface area contributed by atoms with E-state index < -0.39 is 11.7 Å². The summed E-state index contributed by atoms with van der Waals surface area (Å²) < 4.78 is 18.1. The van der Waals surface area contributed by atoms with Crippen molar-refractivity contribution in [2.45, 2.75) is 12.8 Å². The fourth-order valence-corrected chi connectivity index (χ4v) is 2.07. The molecule has 0 heterocycles. The Hall–Kier alpha value is -2.77. The van der Waals surface area contributed by atoms with E-state index in [4.69, 9.17) is 10.5 Å². The fourth-order valence-electron chi connectivity index (χ4n) is 2.07. The van der Waals surface area contributed by atoms with Crippen molar-refractivity contribution in [3.05, 3.63) is 66.3 Å². The third-order valence-corrected chi connectivity index (χ3v) is 3.21. The number of anilines is 3. The molecule has 0 aromatic heterocycles. The summed E-state index contributed by atoms with van der Waals surface area (Å²) in [7, 11) is 0. The summed E-state index contributed by atoms with van der Waals surface area (Å²) in [6.07, 6.45) is 0. The van der Waals surface area contributed by atoms with Crippen LogP contribution in [0.3, 0.4) is 0 Å². The average molecular weight is 333 g/mol. The smallest absolute Gasteiger partial charge is 0.272 e. The molecule has 0 aliphatic carbocycles. The van der Waals surface area contributed by atoms with Crippen LogP contribution in [0, 0.1) is 5.82 Å². The molecule has 0 atom stereocenters. The predicted molar refractivity (Wildman–Crippen MR) is 91.4 cm³/mol. The third kappa shape index (κ3) is 4.37. The number of ether oxygens (including phenoxy) is 1. The Morgan fingerprint density at radius 1 is 1.25 bits per heavy atom. The molecule has 2 rings (SSSR count). The number of hydrogen-bond donors (Lipinski definition) is 5. The summed E-state index contributed by atoms with van der Waals surface area (Å²) in [4.78, 5) is 0. The van der Waals surface area contributed by atoms with Crippen LogP contribution in [0.15, 0.2) is 54.9 Å². The molecule has 128 valence electrons. The number of nitrogen functional groups attached to an aromatic ring is 1. The molecule has 0 amide bonds. The van der Waals surface area contributed by atoms with Crippen LogP contribution in [-0.4, -0.2) is 16.8 Å². The largest absolute Gasteiger partial charge is 0.480 e. The zero-order valence-corrected chi connectivity index (χ0v) is 13.2. The Morgan fingerprint density at radius 2 is 1.92 bits per heavy atom. The van der Waals surface area contributed by atoms with Gasteiger partial charge in [-0.25, -0.2) is 4.39 Å². The van der Waals surface area contributed by atoms with Gasteiger partial charge in [0, 0.05) is 11.3 Å². The number of hydrogen-bond acceptors (Lipinski definition) is 6. The van der Waals surface area contributed by atoms with Crippen molar-refractivity contribution in [2.75, 3.05) is 23.0 Å². The monoisotopic (exact) mass is 333 g/mol. The number of aliphatic hydroxyl groups is 2. The van der Waals surface area contributed by atoms with E-state index in [-0.39, 0.29) is 5.56 Å². The van der Waals surface area contributed by atoms with E-state index in [1.165, 1.54) is 18.2 Å². The van der Waals surface area contributed by atoms with Crippen LogP contribution in [-0.2, 0) is 10.6 Å². The number of nitrogens with two attached hydrogens (primary N) is 1. The number of halogens is 1. The van der Waals surface area contributed by atoms with Gasteiger partial charge in [-0.2, -0.15) is 0 Å². The minimum Gasteiger partial charge on any atom is -0.480 e. The summed E-state index contributed by atoms with van der Waals surface area (Å²) in [5.74, 6) is -2.48. The summed E-state index contributed by atoms with van der Waals surface area (Å²) >= 11 is 0. The lowest BCUT2D eigenvalue weighted by Crippen LogP contribution is -2.34. The Morgan fingerprint density at radius 3 is 2.50 bits per heavy atom. The summed E-state index contributed by atoms with van der Waals surface area (Å²) in [5, 5.41) is 25.7. The minimum atomic E-state index is -2.37. The van der Waals surface area contributed by atoms with Gasteiger partial charge in [0.1, 0.15) is 5.82 Å². The van der Waals surface area contributed by atoms with Gasteiger partial charge < -0.3 is 31.3 Å². The molecule has 0 bridgehead atoms. The molecule has 0 aliphatic heterocycles. The lowest BCUT2D eigenvalue weighted by atomic mass is 10.1. The van der Waals surface area contributed by atoms with Crippen LogP contribution in [0.4, 0.5) is 21.5 Å². The Bertz CT molecular complexity index is 718. The highest BCUT2D eigenvalue weighted by molar-refractivity contribution is 5.72. The highest BCUT2D eigenvalue weighted by Crippen LogP contribution is 2.27. The molecule has 2 aromatic carbocycles. The van der Waals surface area contributed by atoms with Crippen molar-refractivity contribution >= 4 is 17.1 Å². The van der Waals surface area contributed by atoms with E-state index in [0.717, 1.165) is 12.1 Å². The summed E-state index contributed by atoms with van der Waals surface area (Å²) in [5.41, 5.74) is 7.32. The highest BCUT2D eigenvalue weighted by Gasteiger charge is 2.26. The second kappa shape index (κ2) is 7.20. The van der Waals surface area contributed by atoms with Crippen molar-refractivity contribution in [2.24, 2.45) is 0 Å². The second-order valence-electron chi connectivity index (χ2n) is 5.09. The lowest BCUT2D eigenvalue weighted by Gasteiger charge is -2.25. The molecule has 0 fully saturated rings. The Balaban J connectivity index is 2.13. The third-order valence-electron chi connectivity index (χ3n) is 3.21. The Labute approximate surface area is 139 Å². The Kier molecular flexibility index (Phi) is 5.28. The van der Waals surface area contributed by atoms with Crippen LogP contribution >= 0.6 is 0 Å². The van der Waals surface area contributed by atoms with Gasteiger partial charge in [0.15, 0.2) is 5.88 Å². The van der Waals surface area contributed by atoms with Gasteiger partial charge in [0.2, 0.25) is 0 Å². The topological polar surface area (TPSA) is 99.8 Å². The SMILES string of the molecule is C=C(Nc1ccc(NC(O)(O)c2ccc(F)cc2)cc1N)OCC. The van der Waals surface area contributed by atoms with E-state index >= 15 is 0 Å². The fraction of sp³-hybridized carbons (Fsp3) is 0.176. The number of rotatable bonds is 7. The van der Waals surface area contributed by atoms with Crippen molar-refractivity contribution in [1.29, 1.82) is 0 Å². The van der Waals surface area contributed by atoms with Crippen LogP contribution in [0.1, 0.15) is 12.5 Å². The molecule has 0 unspecified atom stereocenters. The van der Waals surface area contributed by atoms with Gasteiger partial charge in [0.25, 0.3) is 5.91 Å². The molecule has 0 radical (unpaired) electrons. The normalized spacial score (nSPS) is 11.0. The molecule has 24 heavy (non-hydrogen) atoms. The van der Waals surface area contributed by atoms with Crippen LogP contribution < -0.4 is 16.4 Å². The second-order valence-corrected chi connectivity index (χ2v) is 5.09. The first-order valence-corrected chi connectivity index (χ1v) is 7.29. The molecule has 2 aromatic rings. The molecular weight excluding hydrogens is 313 g/mol. The first-order valence-electron chi connectivity index (χ1n) is 7.29. The van der Waals surface area contributed by atoms with Crippen molar-refractivity contribution in [3.63, 3.8) is 0 Å². The van der Waals surface area contributed by atoms with Gasteiger partial charge >= 0.3 is 0 Å². The summed E-state index contributed by atoms with van der Waals surface area (Å²) in [6.45, 7) is 6.00. The van der Waals surface area contributed by atoms with Gasteiger partial charge in [-0.15, -0.1) is 0 Å². The van der Waals surface area contributed by atoms with Gasteiger partial charge in [-0.3, -0.25) is 0 Å². The first-order chi connectivity index (χ1) is 11.3.